The number of para-hydroxylation sites is 1. The second-order valence-electron chi connectivity index (χ2n) is 4.13. The molecule has 2 rings (SSSR count). The van der Waals surface area contributed by atoms with E-state index < -0.39 is 0 Å². The SMILES string of the molecule is COc1cc(Br)c(CNc2ccccc2I)cc1OC. The van der Waals surface area contributed by atoms with Crippen LogP contribution in [0.25, 0.3) is 0 Å². The second kappa shape index (κ2) is 7.17. The van der Waals surface area contributed by atoms with Gasteiger partial charge >= 0.3 is 0 Å². The molecular weight excluding hydrogens is 433 g/mol. The third kappa shape index (κ3) is 3.58. The highest BCUT2D eigenvalue weighted by atomic mass is 127. The summed E-state index contributed by atoms with van der Waals surface area (Å²) in [6.07, 6.45) is 0. The third-order valence-electron chi connectivity index (χ3n) is 2.90. The Morgan fingerprint density at radius 1 is 1.10 bits per heavy atom. The van der Waals surface area contributed by atoms with Crippen LogP contribution in [0, 0.1) is 3.57 Å². The smallest absolute Gasteiger partial charge is 0.161 e. The maximum atomic E-state index is 5.33. The van der Waals surface area contributed by atoms with Crippen molar-refractivity contribution in [3.63, 3.8) is 0 Å². The summed E-state index contributed by atoms with van der Waals surface area (Å²) in [6.45, 7) is 0.709. The molecule has 5 heteroatoms. The van der Waals surface area contributed by atoms with Crippen molar-refractivity contribution in [2.24, 2.45) is 0 Å². The molecule has 0 heterocycles. The molecule has 0 bridgehead atoms. The van der Waals surface area contributed by atoms with Crippen LogP contribution in [0.4, 0.5) is 5.69 Å². The van der Waals surface area contributed by atoms with Crippen molar-refractivity contribution in [2.45, 2.75) is 6.54 Å². The molecule has 1 N–H and O–H groups in total. The monoisotopic (exact) mass is 447 g/mol. The fourth-order valence-corrected chi connectivity index (χ4v) is 2.87. The van der Waals surface area contributed by atoms with Crippen LogP contribution in [0.3, 0.4) is 0 Å². The van der Waals surface area contributed by atoms with Gasteiger partial charge in [0.05, 0.1) is 14.2 Å². The summed E-state index contributed by atoms with van der Waals surface area (Å²) in [4.78, 5) is 0. The minimum Gasteiger partial charge on any atom is -0.493 e. The number of halogens is 2. The summed E-state index contributed by atoms with van der Waals surface area (Å²) in [7, 11) is 3.28. The summed E-state index contributed by atoms with van der Waals surface area (Å²) in [5.41, 5.74) is 2.23. The normalized spacial score (nSPS) is 10.2. The van der Waals surface area contributed by atoms with Crippen molar-refractivity contribution in [3.05, 3.63) is 50.0 Å². The molecule has 0 saturated carbocycles. The van der Waals surface area contributed by atoms with Crippen molar-refractivity contribution in [2.75, 3.05) is 19.5 Å². The number of hydrogen-bond donors (Lipinski definition) is 1. The van der Waals surface area contributed by atoms with E-state index >= 15 is 0 Å². The van der Waals surface area contributed by atoms with Crippen LogP contribution in [0.1, 0.15) is 5.56 Å². The average molecular weight is 448 g/mol. The number of benzene rings is 2. The molecule has 3 nitrogen and oxygen atoms in total. The number of methoxy groups -OCH3 is 2. The third-order valence-corrected chi connectivity index (χ3v) is 4.57. The van der Waals surface area contributed by atoms with E-state index in [2.05, 4.69) is 56.0 Å². The number of nitrogens with one attached hydrogen (secondary N) is 1. The molecule has 2 aromatic rings. The first-order chi connectivity index (χ1) is 9.65. The topological polar surface area (TPSA) is 30.5 Å². The highest BCUT2D eigenvalue weighted by molar-refractivity contribution is 14.1. The molecule has 0 saturated heterocycles. The van der Waals surface area contributed by atoms with Crippen molar-refractivity contribution < 1.29 is 9.47 Å². The molecule has 20 heavy (non-hydrogen) atoms. The van der Waals surface area contributed by atoms with Gasteiger partial charge in [-0.3, -0.25) is 0 Å². The van der Waals surface area contributed by atoms with E-state index in [1.54, 1.807) is 14.2 Å². The Hall–Kier alpha value is -0.950. The van der Waals surface area contributed by atoms with E-state index in [-0.39, 0.29) is 0 Å². The van der Waals surface area contributed by atoms with Crippen LogP contribution < -0.4 is 14.8 Å². The zero-order chi connectivity index (χ0) is 14.5. The van der Waals surface area contributed by atoms with Crippen LogP contribution in [0.2, 0.25) is 0 Å². The fraction of sp³-hybridized carbons (Fsp3) is 0.200. The van der Waals surface area contributed by atoms with Crippen LogP contribution in [0.15, 0.2) is 40.9 Å². The van der Waals surface area contributed by atoms with Crippen molar-refractivity contribution >= 4 is 44.2 Å². The average Bonchev–Trinajstić information content (AvgIpc) is 2.47. The zero-order valence-corrected chi connectivity index (χ0v) is 15.0. The predicted molar refractivity (Wildman–Crippen MR) is 93.7 cm³/mol. The zero-order valence-electron chi connectivity index (χ0n) is 11.2. The van der Waals surface area contributed by atoms with Crippen LogP contribution in [-0.4, -0.2) is 14.2 Å². The summed E-state index contributed by atoms with van der Waals surface area (Å²) < 4.78 is 12.8. The Kier molecular flexibility index (Phi) is 5.54. The molecule has 0 atom stereocenters. The molecule has 0 aliphatic rings. The number of ether oxygens (including phenoxy) is 2. The van der Waals surface area contributed by atoms with Crippen LogP contribution >= 0.6 is 38.5 Å². The Morgan fingerprint density at radius 2 is 1.75 bits per heavy atom. The first kappa shape index (κ1) is 15.4. The Morgan fingerprint density at radius 3 is 2.40 bits per heavy atom. The van der Waals surface area contributed by atoms with Gasteiger partial charge in [-0.15, -0.1) is 0 Å². The van der Waals surface area contributed by atoms with Crippen LogP contribution in [-0.2, 0) is 6.54 Å². The summed E-state index contributed by atoms with van der Waals surface area (Å²) in [5, 5.41) is 3.42. The van der Waals surface area contributed by atoms with Gasteiger partial charge in [-0.2, -0.15) is 0 Å². The van der Waals surface area contributed by atoms with Gasteiger partial charge in [-0.1, -0.05) is 28.1 Å². The Bertz CT molecular complexity index is 604. The molecule has 0 aromatic heterocycles. The summed E-state index contributed by atoms with van der Waals surface area (Å²) in [6, 6.07) is 12.1. The van der Waals surface area contributed by atoms with Gasteiger partial charge in [0.25, 0.3) is 0 Å². The minimum absolute atomic E-state index is 0.709. The van der Waals surface area contributed by atoms with E-state index in [0.717, 1.165) is 27.2 Å². The van der Waals surface area contributed by atoms with E-state index in [1.165, 1.54) is 3.57 Å². The lowest BCUT2D eigenvalue weighted by Crippen LogP contribution is -2.03. The molecule has 0 radical (unpaired) electrons. The molecule has 2 aromatic carbocycles. The molecular formula is C15H15BrINO2. The van der Waals surface area contributed by atoms with E-state index in [9.17, 15) is 0 Å². The standard InChI is InChI=1S/C15H15BrINO2/c1-19-14-7-10(11(16)8-15(14)20-2)9-18-13-6-4-3-5-12(13)17/h3-8,18H,9H2,1-2H3. The van der Waals surface area contributed by atoms with E-state index in [4.69, 9.17) is 9.47 Å². The van der Waals surface area contributed by atoms with Gasteiger partial charge in [0.15, 0.2) is 11.5 Å². The second-order valence-corrected chi connectivity index (χ2v) is 6.15. The Balaban J connectivity index is 2.19. The number of rotatable bonds is 5. The van der Waals surface area contributed by atoms with Gasteiger partial charge in [-0.05, 0) is 52.4 Å². The van der Waals surface area contributed by atoms with Gasteiger partial charge in [0, 0.05) is 20.3 Å². The van der Waals surface area contributed by atoms with Crippen LogP contribution in [0.5, 0.6) is 11.5 Å². The summed E-state index contributed by atoms with van der Waals surface area (Å²) in [5.74, 6) is 1.45. The highest BCUT2D eigenvalue weighted by Gasteiger charge is 2.09. The lowest BCUT2D eigenvalue weighted by Gasteiger charge is -2.13. The van der Waals surface area contributed by atoms with E-state index in [1.807, 2.05) is 24.3 Å². The van der Waals surface area contributed by atoms with E-state index in [0.29, 0.717) is 6.54 Å². The molecule has 0 amide bonds. The lowest BCUT2D eigenvalue weighted by atomic mass is 10.2. The van der Waals surface area contributed by atoms with Gasteiger partial charge < -0.3 is 14.8 Å². The van der Waals surface area contributed by atoms with Gasteiger partial charge in [0.1, 0.15) is 0 Å². The van der Waals surface area contributed by atoms with Gasteiger partial charge in [0.2, 0.25) is 0 Å². The highest BCUT2D eigenvalue weighted by Crippen LogP contribution is 2.33. The predicted octanol–water partition coefficient (Wildman–Crippen LogP) is 4.68. The van der Waals surface area contributed by atoms with Crippen molar-refractivity contribution in [3.8, 4) is 11.5 Å². The minimum atomic E-state index is 0.709. The largest absolute Gasteiger partial charge is 0.493 e. The fourth-order valence-electron chi connectivity index (χ4n) is 1.83. The molecule has 0 spiro atoms. The molecule has 0 aliphatic heterocycles. The molecule has 0 unspecified atom stereocenters. The quantitative estimate of drug-likeness (QED) is 0.675. The first-order valence-electron chi connectivity index (χ1n) is 6.04. The van der Waals surface area contributed by atoms with Gasteiger partial charge in [-0.25, -0.2) is 0 Å². The number of anilines is 1. The lowest BCUT2D eigenvalue weighted by molar-refractivity contribution is 0.354. The maximum absolute atomic E-state index is 5.33. The summed E-state index contributed by atoms with van der Waals surface area (Å²) >= 11 is 5.88. The first-order valence-corrected chi connectivity index (χ1v) is 7.91. The van der Waals surface area contributed by atoms with Crippen molar-refractivity contribution in [1.82, 2.24) is 0 Å². The molecule has 106 valence electrons. The Labute approximate surface area is 140 Å². The molecule has 0 aliphatic carbocycles. The van der Waals surface area contributed by atoms with Crippen molar-refractivity contribution in [1.29, 1.82) is 0 Å². The number of hydrogen-bond acceptors (Lipinski definition) is 3. The molecule has 0 fully saturated rings. The maximum Gasteiger partial charge on any atom is 0.161 e.